The van der Waals surface area contributed by atoms with Gasteiger partial charge in [0.25, 0.3) is 0 Å². The SMILES string of the molecule is CCCCCCCCC1=C(c2cc(CCCC)c(CCCCC)c(CCCC)c2)[N+](=[N-])C(c2cc(CCCC)c(CCCCC)c(CCCC)c2)=C1CCCC.CCCCCCc1c(CCCCC)cc(C2=C(CCCC)C(CCCC)=C(c3cc(CCCCC)c(CCCCCC)c(CCCCC)c3)[N+]2=[N-])cc1CCCCC.CC[N-]CC.CC[N-]CC.[CH3-].[CH3-].[Ni+2].[Pd+2]. The topological polar surface area (TPSA) is 78.8 Å². The summed E-state index contributed by atoms with van der Waals surface area (Å²) >= 11 is 0. The first-order chi connectivity index (χ1) is 60.7. The van der Waals surface area contributed by atoms with E-state index in [2.05, 4.69) is 170 Å². The van der Waals surface area contributed by atoms with Gasteiger partial charge in [-0.15, -0.1) is 0 Å². The molecule has 0 saturated carbocycles. The molecule has 2 aliphatic rings. The number of aryl methyl sites for hydroxylation is 8. The van der Waals surface area contributed by atoms with Gasteiger partial charge in [-0.1, -0.05) is 331 Å². The molecule has 2 aliphatic heterocycles. The Bertz CT molecular complexity index is 3390. The third-order valence-corrected chi connectivity index (χ3v) is 26.6. The van der Waals surface area contributed by atoms with Crippen LogP contribution in [0, 0.1) is 14.9 Å². The van der Waals surface area contributed by atoms with Gasteiger partial charge >= 0.3 is 36.9 Å². The van der Waals surface area contributed by atoms with Gasteiger partial charge in [-0.2, -0.15) is 26.2 Å². The molecule has 0 fully saturated rings. The first kappa shape index (κ1) is 126. The van der Waals surface area contributed by atoms with Crippen LogP contribution in [-0.2, 0) is 114 Å². The van der Waals surface area contributed by atoms with Gasteiger partial charge < -0.3 is 36.5 Å². The minimum absolute atomic E-state index is 0. The molecule has 0 N–H and O–H groups in total. The third kappa shape index (κ3) is 45.6. The van der Waals surface area contributed by atoms with Gasteiger partial charge in [-0.3, -0.25) is 0 Å². The summed E-state index contributed by atoms with van der Waals surface area (Å²) in [6.07, 6.45) is 75.7. The van der Waals surface area contributed by atoms with E-state index in [1.807, 2.05) is 27.7 Å². The zero-order valence-corrected chi connectivity index (χ0v) is 91.1. The monoisotopic (exact) mass is 1900 g/mol. The first-order valence-corrected chi connectivity index (χ1v) is 54.5. The van der Waals surface area contributed by atoms with Crippen molar-refractivity contribution in [2.45, 2.75) is 537 Å². The number of benzene rings is 4. The van der Waals surface area contributed by atoms with Crippen molar-refractivity contribution in [2.75, 3.05) is 26.2 Å². The number of hydrogen-bond donors (Lipinski definition) is 0. The molecule has 0 bridgehead atoms. The first-order valence-electron chi connectivity index (χ1n) is 54.5. The van der Waals surface area contributed by atoms with Crippen molar-refractivity contribution in [3.8, 4) is 0 Å². The smallest absolute Gasteiger partial charge is 0.663 e. The average Bonchev–Trinajstić information content (AvgIpc) is 1.60. The van der Waals surface area contributed by atoms with E-state index in [0.717, 1.165) is 165 Å². The zero-order valence-electron chi connectivity index (χ0n) is 88.6. The number of hydrogen-bond acceptors (Lipinski definition) is 0. The molecule has 6 rings (SSSR count). The Hall–Kier alpha value is -3.88. The Balaban J connectivity index is 0. The predicted molar refractivity (Wildman–Crippen MR) is 568 cm³/mol. The molecule has 0 saturated heterocycles. The summed E-state index contributed by atoms with van der Waals surface area (Å²) in [7, 11) is 0. The van der Waals surface area contributed by atoms with Crippen LogP contribution >= 0.6 is 0 Å². The van der Waals surface area contributed by atoms with Crippen molar-refractivity contribution in [1.82, 2.24) is 0 Å². The van der Waals surface area contributed by atoms with Gasteiger partial charge in [-0.25, -0.2) is 9.39 Å². The van der Waals surface area contributed by atoms with Crippen LogP contribution in [0.3, 0.4) is 0 Å². The summed E-state index contributed by atoms with van der Waals surface area (Å²) < 4.78 is 3.47. The second-order valence-corrected chi connectivity index (χ2v) is 37.3. The summed E-state index contributed by atoms with van der Waals surface area (Å²) in [5, 5.41) is 7.94. The van der Waals surface area contributed by atoms with Crippen LogP contribution in [-0.4, -0.2) is 35.6 Å². The van der Waals surface area contributed by atoms with E-state index in [4.69, 9.17) is 0 Å². The number of unbranched alkanes of at least 4 members (excludes halogenated alkanes) is 30. The minimum atomic E-state index is 0. The molecule has 6 nitrogen and oxygen atoms in total. The van der Waals surface area contributed by atoms with Crippen molar-refractivity contribution in [1.29, 1.82) is 0 Å². The maximum Gasteiger partial charge on any atom is 2.00 e. The molecular weight excluding hydrogens is 1690 g/mol. The number of nitrogens with zero attached hydrogens (tertiary/aromatic N) is 6. The molecule has 0 amide bonds. The van der Waals surface area contributed by atoms with Gasteiger partial charge in [-0.05, 0) is 321 Å². The van der Waals surface area contributed by atoms with Crippen molar-refractivity contribution < 1.29 is 46.3 Å². The van der Waals surface area contributed by atoms with Gasteiger partial charge in [0.15, 0.2) is 0 Å². The Kier molecular flexibility index (Phi) is 80.3. The van der Waals surface area contributed by atoms with E-state index >= 15 is 0 Å². The van der Waals surface area contributed by atoms with Crippen LogP contribution < -0.4 is 0 Å². The average molecular weight is 1900 g/mol. The van der Waals surface area contributed by atoms with Crippen LogP contribution in [0.4, 0.5) is 0 Å². The van der Waals surface area contributed by atoms with Crippen LogP contribution in [0.2, 0.25) is 0 Å². The maximum atomic E-state index is 13.0. The third-order valence-electron chi connectivity index (χ3n) is 26.6. The van der Waals surface area contributed by atoms with Crippen molar-refractivity contribution in [3.63, 3.8) is 0 Å². The number of allylic oxidation sites excluding steroid dienone is 4. The van der Waals surface area contributed by atoms with E-state index in [-0.39, 0.29) is 51.8 Å². The number of rotatable bonds is 70. The molecule has 0 atom stereocenters. The fraction of sp³-hybridized carbons (Fsp3) is 0.717. The van der Waals surface area contributed by atoms with Gasteiger partial charge in [0.2, 0.25) is 22.8 Å². The molecule has 0 aliphatic carbocycles. The summed E-state index contributed by atoms with van der Waals surface area (Å²) in [4.78, 5) is 0. The van der Waals surface area contributed by atoms with Crippen molar-refractivity contribution in [2.24, 2.45) is 0 Å². The quantitative estimate of drug-likeness (QED) is 0.0183. The van der Waals surface area contributed by atoms with E-state index < -0.39 is 0 Å². The van der Waals surface area contributed by atoms with Crippen LogP contribution in [0.1, 0.15) is 549 Å². The molecule has 0 radical (unpaired) electrons. The second kappa shape index (κ2) is 81.5. The molecule has 2 heterocycles. The van der Waals surface area contributed by atoms with Crippen LogP contribution in [0.5, 0.6) is 0 Å². The van der Waals surface area contributed by atoms with Crippen molar-refractivity contribution >= 4 is 22.8 Å². The Labute approximate surface area is 822 Å². The largest absolute Gasteiger partial charge is 2.00 e. The van der Waals surface area contributed by atoms with E-state index in [1.165, 1.54) is 327 Å². The summed E-state index contributed by atoms with van der Waals surface area (Å²) in [6, 6.07) is 20.4. The summed E-state index contributed by atoms with van der Waals surface area (Å²) in [5.74, 6) is 0. The minimum Gasteiger partial charge on any atom is -0.663 e. The van der Waals surface area contributed by atoms with Gasteiger partial charge in [0, 0.05) is 44.5 Å². The fourth-order valence-corrected chi connectivity index (χ4v) is 19.3. The van der Waals surface area contributed by atoms with Crippen molar-refractivity contribution in [3.05, 3.63) is 196 Å². The van der Waals surface area contributed by atoms with E-state index in [1.54, 1.807) is 76.2 Å². The maximum absolute atomic E-state index is 13.0. The molecule has 736 valence electrons. The van der Waals surface area contributed by atoms with Gasteiger partial charge in [0.1, 0.15) is 0 Å². The fourth-order valence-electron chi connectivity index (χ4n) is 19.3. The Morgan fingerprint density at radius 3 is 0.508 bits per heavy atom. The molecule has 0 unspecified atom stereocenters. The Morgan fingerprint density at radius 2 is 0.320 bits per heavy atom. The molecule has 4 aromatic rings. The molecule has 4 aromatic carbocycles. The van der Waals surface area contributed by atoms with Crippen LogP contribution in [0.25, 0.3) is 44.5 Å². The van der Waals surface area contributed by atoms with E-state index in [9.17, 15) is 11.1 Å². The van der Waals surface area contributed by atoms with Crippen LogP contribution in [0.15, 0.2) is 70.8 Å². The summed E-state index contributed by atoms with van der Waals surface area (Å²) in [6.45, 7) is 49.3. The molecule has 8 heteroatoms. The second-order valence-electron chi connectivity index (χ2n) is 37.3. The Morgan fingerprint density at radius 1 is 0.188 bits per heavy atom. The summed E-state index contributed by atoms with van der Waals surface area (Å²) in [5.41, 5.74) is 60.1. The van der Waals surface area contributed by atoms with E-state index in [0.29, 0.717) is 0 Å². The molecule has 128 heavy (non-hydrogen) atoms. The zero-order chi connectivity index (χ0) is 90.8. The molecule has 0 aromatic heterocycles. The molecule has 0 spiro atoms. The van der Waals surface area contributed by atoms with Gasteiger partial charge in [0.05, 0.1) is 0 Å². The normalized spacial score (nSPS) is 12.4. The predicted octanol–water partition coefficient (Wildman–Crippen LogP) is 39.7. The standard InChI is InChI=1S/C56H92N2.C54H88N2.2C4H10N.2CH3.Ni.Pd/c1-9-17-25-31-39-51-45(33-27-19-11-3)41-49(42-46(51)34-28-20-12-4)55-53(37-23-15-7)54(38-24-16-8)56(58(55)57)50-43-47(35-29-21-13-5)52(40-32-26-18-10-2)48(44-50)36-30-22-14-6;1-9-17-25-26-27-30-38-52-51(35-24-16-8)53(47-39-43(31-20-12-4)49(36-28-18-10-2)44(40-47)32-21-13-5)56(55)54(52)48-41-45(33-22-14-6)50(37-29-19-11-3)46(42-48)34-23-15-7;2*1-3-5-4-2;;;;/h41-44H,9-40H2,1-8H3;39-42H,9-38H2,1-8H3;2*3-4H2,1-2H3;2*1H3;;/q;;4*-1;2*+2. The molecular formula is C120H206N6NiPd.